The fraction of sp³-hybridized carbons (Fsp3) is 0.231. The minimum absolute atomic E-state index is 0.690. The molecule has 0 amide bonds. The average Bonchev–Trinajstić information content (AvgIpc) is 2.69. The van der Waals surface area contributed by atoms with E-state index >= 15 is 0 Å². The lowest BCUT2D eigenvalue weighted by Crippen LogP contribution is -2.05. The first-order valence-electron chi connectivity index (χ1n) is 5.54. The standard InChI is InChI=1S/C13H16N4/c1-4-7-14-13-16-11(3)9-17(13)12-6-5-10(2)15-8-12/h4-6,8-9H,1,7H2,2-3H3,(H,14,16). The number of rotatable bonds is 4. The van der Waals surface area contributed by atoms with Crippen LogP contribution in [0.5, 0.6) is 0 Å². The number of hydrogen-bond acceptors (Lipinski definition) is 3. The van der Waals surface area contributed by atoms with Gasteiger partial charge in [0.05, 0.1) is 17.6 Å². The Bertz CT molecular complexity index is 511. The van der Waals surface area contributed by atoms with Crippen LogP contribution >= 0.6 is 0 Å². The minimum atomic E-state index is 0.690. The van der Waals surface area contributed by atoms with Crippen LogP contribution in [0.1, 0.15) is 11.4 Å². The van der Waals surface area contributed by atoms with Crippen LogP contribution in [0.2, 0.25) is 0 Å². The van der Waals surface area contributed by atoms with Gasteiger partial charge in [0, 0.05) is 18.4 Å². The number of imidazole rings is 1. The molecule has 2 aromatic rings. The van der Waals surface area contributed by atoms with Gasteiger partial charge in [-0.05, 0) is 26.0 Å². The van der Waals surface area contributed by atoms with Crippen molar-refractivity contribution in [3.8, 4) is 5.69 Å². The number of aryl methyl sites for hydroxylation is 2. The predicted octanol–water partition coefficient (Wildman–Crippen LogP) is 2.48. The quantitative estimate of drug-likeness (QED) is 0.817. The van der Waals surface area contributed by atoms with E-state index in [9.17, 15) is 0 Å². The van der Waals surface area contributed by atoms with Crippen molar-refractivity contribution >= 4 is 5.95 Å². The van der Waals surface area contributed by atoms with E-state index < -0.39 is 0 Å². The van der Waals surface area contributed by atoms with Gasteiger partial charge >= 0.3 is 0 Å². The molecule has 0 aliphatic rings. The summed E-state index contributed by atoms with van der Waals surface area (Å²) in [5, 5.41) is 3.20. The molecule has 0 aromatic carbocycles. The van der Waals surface area contributed by atoms with Crippen molar-refractivity contribution in [3.05, 3.63) is 48.6 Å². The van der Waals surface area contributed by atoms with Crippen LogP contribution in [0, 0.1) is 13.8 Å². The van der Waals surface area contributed by atoms with Crippen LogP contribution in [0.4, 0.5) is 5.95 Å². The Balaban J connectivity index is 2.36. The molecule has 88 valence electrons. The number of pyridine rings is 1. The third-order valence-corrected chi connectivity index (χ3v) is 2.40. The first-order valence-corrected chi connectivity index (χ1v) is 5.54. The molecule has 17 heavy (non-hydrogen) atoms. The van der Waals surface area contributed by atoms with E-state index in [1.54, 1.807) is 0 Å². The Hall–Kier alpha value is -2.10. The largest absolute Gasteiger partial charge is 0.352 e. The van der Waals surface area contributed by atoms with E-state index in [1.165, 1.54) is 0 Å². The molecule has 0 spiro atoms. The second kappa shape index (κ2) is 4.82. The lowest BCUT2D eigenvalue weighted by atomic mass is 10.3. The van der Waals surface area contributed by atoms with Gasteiger partial charge in [-0.15, -0.1) is 6.58 Å². The monoisotopic (exact) mass is 228 g/mol. The smallest absolute Gasteiger partial charge is 0.208 e. The molecule has 4 nitrogen and oxygen atoms in total. The van der Waals surface area contributed by atoms with E-state index in [2.05, 4.69) is 21.9 Å². The van der Waals surface area contributed by atoms with Gasteiger partial charge in [0.2, 0.25) is 5.95 Å². The molecular weight excluding hydrogens is 212 g/mol. The highest BCUT2D eigenvalue weighted by atomic mass is 15.2. The topological polar surface area (TPSA) is 42.7 Å². The Morgan fingerprint density at radius 3 is 2.82 bits per heavy atom. The van der Waals surface area contributed by atoms with Gasteiger partial charge in [0.25, 0.3) is 0 Å². The zero-order valence-corrected chi connectivity index (χ0v) is 10.1. The minimum Gasteiger partial charge on any atom is -0.352 e. The molecule has 0 aliphatic carbocycles. The van der Waals surface area contributed by atoms with E-state index in [1.807, 2.05) is 49.0 Å². The number of hydrogen-bond donors (Lipinski definition) is 1. The molecule has 0 radical (unpaired) electrons. The molecule has 0 atom stereocenters. The summed E-state index contributed by atoms with van der Waals surface area (Å²) in [5.74, 6) is 0.813. The van der Waals surface area contributed by atoms with Crippen LogP contribution in [0.15, 0.2) is 37.2 Å². The van der Waals surface area contributed by atoms with E-state index in [0.717, 1.165) is 23.0 Å². The molecule has 0 aliphatic heterocycles. The Morgan fingerprint density at radius 2 is 2.18 bits per heavy atom. The van der Waals surface area contributed by atoms with Gasteiger partial charge in [-0.1, -0.05) is 6.08 Å². The van der Waals surface area contributed by atoms with Gasteiger partial charge in [-0.3, -0.25) is 9.55 Å². The molecule has 2 aromatic heterocycles. The third-order valence-electron chi connectivity index (χ3n) is 2.40. The lowest BCUT2D eigenvalue weighted by molar-refractivity contribution is 1.02. The van der Waals surface area contributed by atoms with Crippen LogP contribution in [0.3, 0.4) is 0 Å². The second-order valence-electron chi connectivity index (χ2n) is 3.90. The maximum absolute atomic E-state index is 4.42. The van der Waals surface area contributed by atoms with E-state index in [0.29, 0.717) is 6.54 Å². The molecule has 0 fully saturated rings. The highest BCUT2D eigenvalue weighted by Crippen LogP contribution is 2.15. The number of anilines is 1. The third kappa shape index (κ3) is 2.53. The molecule has 0 saturated heterocycles. The van der Waals surface area contributed by atoms with Crippen LogP contribution in [-0.4, -0.2) is 21.1 Å². The van der Waals surface area contributed by atoms with Crippen molar-refractivity contribution in [2.75, 3.05) is 11.9 Å². The normalized spacial score (nSPS) is 10.2. The lowest BCUT2D eigenvalue weighted by Gasteiger charge is -2.08. The summed E-state index contributed by atoms with van der Waals surface area (Å²) in [4.78, 5) is 8.71. The molecule has 0 saturated carbocycles. The van der Waals surface area contributed by atoms with Crippen molar-refractivity contribution in [2.24, 2.45) is 0 Å². The Labute approximate surface area is 101 Å². The van der Waals surface area contributed by atoms with Crippen molar-refractivity contribution < 1.29 is 0 Å². The molecular formula is C13H16N4. The Morgan fingerprint density at radius 1 is 1.35 bits per heavy atom. The first kappa shape index (κ1) is 11.4. The first-order chi connectivity index (χ1) is 8.20. The maximum atomic E-state index is 4.42. The molecule has 2 rings (SSSR count). The highest BCUT2D eigenvalue weighted by Gasteiger charge is 2.06. The molecule has 4 heteroatoms. The number of nitrogens with one attached hydrogen (secondary N) is 1. The average molecular weight is 228 g/mol. The van der Waals surface area contributed by atoms with Crippen molar-refractivity contribution in [3.63, 3.8) is 0 Å². The van der Waals surface area contributed by atoms with Crippen molar-refractivity contribution in [2.45, 2.75) is 13.8 Å². The number of nitrogens with zero attached hydrogens (tertiary/aromatic N) is 3. The second-order valence-corrected chi connectivity index (χ2v) is 3.90. The summed E-state index contributed by atoms with van der Waals surface area (Å²) >= 11 is 0. The fourth-order valence-electron chi connectivity index (χ4n) is 1.59. The van der Waals surface area contributed by atoms with Crippen molar-refractivity contribution in [1.82, 2.24) is 14.5 Å². The van der Waals surface area contributed by atoms with Gasteiger partial charge in [0.15, 0.2) is 0 Å². The van der Waals surface area contributed by atoms with Crippen LogP contribution in [-0.2, 0) is 0 Å². The van der Waals surface area contributed by atoms with Gasteiger partial charge in [-0.2, -0.15) is 0 Å². The SMILES string of the molecule is C=CCNc1nc(C)cn1-c1ccc(C)nc1. The fourth-order valence-corrected chi connectivity index (χ4v) is 1.59. The summed E-state index contributed by atoms with van der Waals surface area (Å²) in [6.45, 7) is 8.32. The zero-order chi connectivity index (χ0) is 12.3. The van der Waals surface area contributed by atoms with E-state index in [4.69, 9.17) is 0 Å². The molecule has 0 bridgehead atoms. The van der Waals surface area contributed by atoms with Crippen molar-refractivity contribution in [1.29, 1.82) is 0 Å². The van der Waals surface area contributed by atoms with Gasteiger partial charge in [-0.25, -0.2) is 4.98 Å². The van der Waals surface area contributed by atoms with Crippen LogP contribution < -0.4 is 5.32 Å². The summed E-state index contributed by atoms with van der Waals surface area (Å²) in [7, 11) is 0. The molecule has 0 unspecified atom stereocenters. The maximum Gasteiger partial charge on any atom is 0.208 e. The van der Waals surface area contributed by atoms with Crippen LogP contribution in [0.25, 0.3) is 5.69 Å². The number of aromatic nitrogens is 3. The van der Waals surface area contributed by atoms with E-state index in [-0.39, 0.29) is 0 Å². The zero-order valence-electron chi connectivity index (χ0n) is 10.1. The Kier molecular flexibility index (Phi) is 3.23. The summed E-state index contributed by atoms with van der Waals surface area (Å²) in [6, 6.07) is 4.02. The molecule has 1 N–H and O–H groups in total. The summed E-state index contributed by atoms with van der Waals surface area (Å²) in [5.41, 5.74) is 2.98. The van der Waals surface area contributed by atoms with Gasteiger partial charge in [0.1, 0.15) is 0 Å². The predicted molar refractivity (Wildman–Crippen MR) is 69.5 cm³/mol. The van der Waals surface area contributed by atoms with Gasteiger partial charge < -0.3 is 5.32 Å². The molecule has 2 heterocycles. The summed E-state index contributed by atoms with van der Waals surface area (Å²) < 4.78 is 1.99. The summed E-state index contributed by atoms with van der Waals surface area (Å²) in [6.07, 6.45) is 5.63. The highest BCUT2D eigenvalue weighted by molar-refractivity contribution is 5.42.